The van der Waals surface area contributed by atoms with Crippen molar-refractivity contribution in [2.75, 3.05) is 6.61 Å². The van der Waals surface area contributed by atoms with Gasteiger partial charge in [-0.15, -0.1) is 0 Å². The van der Waals surface area contributed by atoms with Crippen LogP contribution in [0.5, 0.6) is 11.5 Å². The van der Waals surface area contributed by atoms with Crippen LogP contribution in [0.3, 0.4) is 0 Å². The molecule has 1 heterocycles. The number of carbonyl (C=O) groups excluding carboxylic acids is 1. The fourth-order valence-electron chi connectivity index (χ4n) is 1.16. The highest BCUT2D eigenvalue weighted by molar-refractivity contribution is 5.87. The molecule has 0 aromatic heterocycles. The van der Waals surface area contributed by atoms with Crippen LogP contribution in [0.1, 0.15) is 0 Å². The molecule has 0 spiro atoms. The summed E-state index contributed by atoms with van der Waals surface area (Å²) in [4.78, 5) is 10.8. The van der Waals surface area contributed by atoms with Gasteiger partial charge in [0.25, 0.3) is 0 Å². The van der Waals surface area contributed by atoms with E-state index >= 15 is 0 Å². The van der Waals surface area contributed by atoms with E-state index in [1.807, 2.05) is 12.1 Å². The molecule has 66 valence electrons. The lowest BCUT2D eigenvalue weighted by atomic mass is 10.2. The van der Waals surface area contributed by atoms with E-state index in [4.69, 9.17) is 16.4 Å². The van der Waals surface area contributed by atoms with Crippen LogP contribution in [0.4, 0.5) is 0 Å². The molecule has 3 heteroatoms. The molecule has 0 bridgehead atoms. The highest BCUT2D eigenvalue weighted by Crippen LogP contribution is 2.30. The number of para-hydroxylation sites is 2. The number of rotatable bonds is 1. The van der Waals surface area contributed by atoms with Crippen molar-refractivity contribution < 1.29 is 14.3 Å². The molecule has 1 aromatic carbocycles. The molecule has 0 saturated heterocycles. The van der Waals surface area contributed by atoms with Gasteiger partial charge in [-0.25, -0.2) is 0 Å². The van der Waals surface area contributed by atoms with Gasteiger partial charge in [-0.2, -0.15) is 0 Å². The minimum absolute atomic E-state index is 0.187. The van der Waals surface area contributed by atoms with Gasteiger partial charge in [-0.05, 0) is 12.1 Å². The monoisotopic (exact) mass is 176 g/mol. The van der Waals surface area contributed by atoms with Crippen molar-refractivity contribution in [1.29, 1.82) is 0 Å². The summed E-state index contributed by atoms with van der Waals surface area (Å²) in [5, 5.41) is 0. The molecular formula is C10H8O3. The normalized spacial score (nSPS) is 19.6. The molecule has 0 aliphatic carbocycles. The number of fused-ring (bicyclic) bond motifs is 1. The molecule has 2 rings (SSSR count). The van der Waals surface area contributed by atoms with Gasteiger partial charge in [-0.1, -0.05) is 12.1 Å². The first-order valence-corrected chi connectivity index (χ1v) is 3.95. The zero-order valence-electron chi connectivity index (χ0n) is 6.90. The van der Waals surface area contributed by atoms with Crippen molar-refractivity contribution in [2.45, 2.75) is 6.10 Å². The second kappa shape index (κ2) is 3.09. The van der Waals surface area contributed by atoms with E-state index in [1.54, 1.807) is 12.1 Å². The molecule has 3 nitrogen and oxygen atoms in total. The van der Waals surface area contributed by atoms with Gasteiger partial charge in [0.1, 0.15) is 6.61 Å². The molecule has 1 aliphatic rings. The number of hydrogen-bond acceptors (Lipinski definition) is 3. The second-order valence-corrected chi connectivity index (χ2v) is 2.77. The number of Topliss-reactive ketones (excluding diaryl/α,β-unsaturated/α-hetero) is 1. The summed E-state index contributed by atoms with van der Waals surface area (Å²) in [7, 11) is 0. The molecule has 0 saturated carbocycles. The fraction of sp³-hybridized carbons (Fsp3) is 0.200. The predicted octanol–water partition coefficient (Wildman–Crippen LogP) is 1.11. The summed E-state index contributed by atoms with van der Waals surface area (Å²) >= 11 is 0. The van der Waals surface area contributed by atoms with Gasteiger partial charge in [0.2, 0.25) is 0 Å². The smallest absolute Gasteiger partial charge is 0.191 e. The molecule has 2 radical (unpaired) electrons. The number of benzene rings is 1. The van der Waals surface area contributed by atoms with E-state index in [2.05, 4.69) is 0 Å². The highest BCUT2D eigenvalue weighted by atomic mass is 16.6. The highest BCUT2D eigenvalue weighted by Gasteiger charge is 2.23. The van der Waals surface area contributed by atoms with Gasteiger partial charge in [0.05, 0.1) is 0 Å². The zero-order valence-corrected chi connectivity index (χ0v) is 6.90. The fourth-order valence-corrected chi connectivity index (χ4v) is 1.16. The first-order valence-electron chi connectivity index (χ1n) is 3.95. The third-order valence-corrected chi connectivity index (χ3v) is 1.83. The predicted molar refractivity (Wildman–Crippen MR) is 45.7 cm³/mol. The number of carbonyl (C=O) groups is 1. The molecule has 1 atom stereocenters. The number of hydrogen-bond donors (Lipinski definition) is 0. The quantitative estimate of drug-likeness (QED) is 0.643. The van der Waals surface area contributed by atoms with Crippen LogP contribution >= 0.6 is 0 Å². The van der Waals surface area contributed by atoms with Crippen molar-refractivity contribution in [3.63, 3.8) is 0 Å². The van der Waals surface area contributed by atoms with Crippen LogP contribution in [-0.2, 0) is 4.79 Å². The minimum Gasteiger partial charge on any atom is -0.485 e. The Morgan fingerprint density at radius 3 is 2.77 bits per heavy atom. The first-order chi connectivity index (χ1) is 6.27. The summed E-state index contributed by atoms with van der Waals surface area (Å²) in [5.74, 6) is 0.715. The van der Waals surface area contributed by atoms with Crippen LogP contribution in [0, 0.1) is 6.92 Å². The van der Waals surface area contributed by atoms with Gasteiger partial charge in [0.15, 0.2) is 23.4 Å². The van der Waals surface area contributed by atoms with E-state index in [1.165, 1.54) is 0 Å². The maximum atomic E-state index is 10.8. The van der Waals surface area contributed by atoms with E-state index in [-0.39, 0.29) is 6.61 Å². The molecule has 0 amide bonds. The van der Waals surface area contributed by atoms with Crippen molar-refractivity contribution in [2.24, 2.45) is 0 Å². The molecule has 1 unspecified atom stereocenters. The van der Waals surface area contributed by atoms with Crippen LogP contribution < -0.4 is 9.47 Å². The largest absolute Gasteiger partial charge is 0.485 e. The summed E-state index contributed by atoms with van der Waals surface area (Å²) in [6.45, 7) is 5.27. The third kappa shape index (κ3) is 1.49. The Bertz CT molecular complexity index is 333. The third-order valence-electron chi connectivity index (χ3n) is 1.83. The van der Waals surface area contributed by atoms with Crippen LogP contribution in [-0.4, -0.2) is 18.5 Å². The van der Waals surface area contributed by atoms with E-state index in [9.17, 15) is 4.79 Å². The maximum Gasteiger partial charge on any atom is 0.191 e. The van der Waals surface area contributed by atoms with Gasteiger partial charge < -0.3 is 9.47 Å². The second-order valence-electron chi connectivity index (χ2n) is 2.77. The standard InChI is InChI=1S/C10H8O3/c1-7(11)10-6-12-8-4-2-3-5-9(8)13-10/h1-5,10H,6H2. The van der Waals surface area contributed by atoms with Gasteiger partial charge in [-0.3, -0.25) is 4.79 Å². The lowest BCUT2D eigenvalue weighted by Crippen LogP contribution is -2.35. The Kier molecular flexibility index (Phi) is 1.93. The van der Waals surface area contributed by atoms with E-state index < -0.39 is 11.9 Å². The van der Waals surface area contributed by atoms with Crippen LogP contribution in [0.2, 0.25) is 0 Å². The Balaban J connectivity index is 2.24. The lowest BCUT2D eigenvalue weighted by Gasteiger charge is -2.24. The van der Waals surface area contributed by atoms with Crippen LogP contribution in [0.25, 0.3) is 0 Å². The van der Waals surface area contributed by atoms with E-state index in [0.29, 0.717) is 11.5 Å². The topological polar surface area (TPSA) is 35.5 Å². The Labute approximate surface area is 76.3 Å². The van der Waals surface area contributed by atoms with Crippen LogP contribution in [0.15, 0.2) is 24.3 Å². The summed E-state index contributed by atoms with van der Waals surface area (Å²) in [6.07, 6.45) is -0.671. The average molecular weight is 176 g/mol. The van der Waals surface area contributed by atoms with E-state index in [0.717, 1.165) is 0 Å². The molecular weight excluding hydrogens is 168 g/mol. The van der Waals surface area contributed by atoms with Crippen molar-refractivity contribution >= 4 is 5.78 Å². The lowest BCUT2D eigenvalue weighted by molar-refractivity contribution is -0.123. The van der Waals surface area contributed by atoms with Gasteiger partial charge in [0, 0.05) is 6.92 Å². The summed E-state index contributed by atoms with van der Waals surface area (Å²) in [5.41, 5.74) is 0. The molecule has 0 fully saturated rings. The van der Waals surface area contributed by atoms with Gasteiger partial charge >= 0.3 is 0 Å². The SMILES string of the molecule is [CH]C(=O)C1COc2ccccc2O1. The molecule has 1 aromatic rings. The van der Waals surface area contributed by atoms with Crippen molar-refractivity contribution in [3.8, 4) is 11.5 Å². The average Bonchev–Trinajstić information content (AvgIpc) is 2.17. The molecule has 1 aliphatic heterocycles. The zero-order chi connectivity index (χ0) is 9.26. The van der Waals surface area contributed by atoms with Crippen molar-refractivity contribution in [1.82, 2.24) is 0 Å². The Morgan fingerprint density at radius 1 is 1.38 bits per heavy atom. The number of ether oxygens (including phenoxy) is 2. The summed E-state index contributed by atoms with van der Waals surface area (Å²) in [6, 6.07) is 7.18. The number of ketones is 1. The molecule has 13 heavy (non-hydrogen) atoms. The summed E-state index contributed by atoms with van der Waals surface area (Å²) < 4.78 is 10.6. The first kappa shape index (κ1) is 8.10. The minimum atomic E-state index is -0.671. The Morgan fingerprint density at radius 2 is 2.08 bits per heavy atom. The van der Waals surface area contributed by atoms with Crippen molar-refractivity contribution in [3.05, 3.63) is 31.2 Å². The Hall–Kier alpha value is -1.51. The molecule has 0 N–H and O–H groups in total. The maximum absolute atomic E-state index is 10.8.